The fourth-order valence-corrected chi connectivity index (χ4v) is 3.28. The molecular formula is C21H25N3O2. The van der Waals surface area contributed by atoms with Crippen molar-refractivity contribution in [2.45, 2.75) is 39.9 Å². The molecule has 0 spiro atoms. The first-order valence-corrected chi connectivity index (χ1v) is 9.03. The van der Waals surface area contributed by atoms with Crippen molar-refractivity contribution in [2.75, 3.05) is 11.9 Å². The zero-order valence-corrected chi connectivity index (χ0v) is 15.5. The number of benzene rings is 2. The van der Waals surface area contributed by atoms with E-state index in [4.69, 9.17) is 0 Å². The number of hydrogen-bond donors (Lipinski definition) is 1. The number of carbonyl (C=O) groups excluding carboxylic acids is 2. The van der Waals surface area contributed by atoms with E-state index < -0.39 is 0 Å². The molecule has 0 saturated heterocycles. The summed E-state index contributed by atoms with van der Waals surface area (Å²) in [5, 5.41) is 2.91. The molecule has 1 N–H and O–H groups in total. The van der Waals surface area contributed by atoms with E-state index in [1.807, 2.05) is 37.8 Å². The van der Waals surface area contributed by atoms with E-state index in [9.17, 15) is 9.59 Å². The van der Waals surface area contributed by atoms with Gasteiger partial charge in [-0.3, -0.25) is 4.79 Å². The molecule has 0 unspecified atom stereocenters. The van der Waals surface area contributed by atoms with Crippen molar-refractivity contribution in [1.82, 2.24) is 9.80 Å². The summed E-state index contributed by atoms with van der Waals surface area (Å²) in [5.74, 6) is 0.00960. The molecule has 1 heterocycles. The molecule has 26 heavy (non-hydrogen) atoms. The molecule has 1 aliphatic rings. The second kappa shape index (κ2) is 7.60. The van der Waals surface area contributed by atoms with Crippen LogP contribution < -0.4 is 5.32 Å². The van der Waals surface area contributed by atoms with Crippen molar-refractivity contribution in [3.8, 4) is 0 Å². The Kier molecular flexibility index (Phi) is 5.26. The Morgan fingerprint density at radius 1 is 1.04 bits per heavy atom. The Morgan fingerprint density at radius 3 is 2.12 bits per heavy atom. The van der Waals surface area contributed by atoms with Gasteiger partial charge in [-0.2, -0.15) is 0 Å². The average molecular weight is 351 g/mol. The highest BCUT2D eigenvalue weighted by molar-refractivity contribution is 5.95. The van der Waals surface area contributed by atoms with Gasteiger partial charge in [0.1, 0.15) is 0 Å². The van der Waals surface area contributed by atoms with Gasteiger partial charge in [0.25, 0.3) is 5.91 Å². The highest BCUT2D eigenvalue weighted by atomic mass is 16.2. The molecular weight excluding hydrogens is 326 g/mol. The smallest absolute Gasteiger partial charge is 0.322 e. The largest absolute Gasteiger partial charge is 0.337 e. The SMILES string of the molecule is CCN(C(=O)c1ccc(NC(=O)N2Cc3ccccc3C2)cc1)C(C)C. The van der Waals surface area contributed by atoms with Crippen LogP contribution in [0.2, 0.25) is 0 Å². The zero-order chi connectivity index (χ0) is 18.7. The number of nitrogens with one attached hydrogen (secondary N) is 1. The Morgan fingerprint density at radius 2 is 1.62 bits per heavy atom. The summed E-state index contributed by atoms with van der Waals surface area (Å²) in [4.78, 5) is 28.6. The van der Waals surface area contributed by atoms with Crippen LogP contribution in [0.3, 0.4) is 0 Å². The number of amides is 3. The Hall–Kier alpha value is -2.82. The summed E-state index contributed by atoms with van der Waals surface area (Å²) in [5.41, 5.74) is 3.70. The molecule has 5 heteroatoms. The third-order valence-electron chi connectivity index (χ3n) is 4.74. The normalized spacial score (nSPS) is 12.8. The van der Waals surface area contributed by atoms with Gasteiger partial charge in [0.15, 0.2) is 0 Å². The van der Waals surface area contributed by atoms with E-state index in [0.29, 0.717) is 30.9 Å². The van der Waals surface area contributed by atoms with Crippen LogP contribution in [-0.4, -0.2) is 34.3 Å². The van der Waals surface area contributed by atoms with E-state index in [1.54, 1.807) is 29.2 Å². The second-order valence-electron chi connectivity index (χ2n) is 6.82. The summed E-state index contributed by atoms with van der Waals surface area (Å²) in [7, 11) is 0. The first-order valence-electron chi connectivity index (χ1n) is 9.03. The van der Waals surface area contributed by atoms with Crippen LogP contribution in [0.25, 0.3) is 0 Å². The van der Waals surface area contributed by atoms with Crippen molar-refractivity contribution < 1.29 is 9.59 Å². The molecule has 136 valence electrons. The molecule has 3 amide bonds. The first kappa shape index (κ1) is 18.0. The molecule has 0 aromatic heterocycles. The van der Waals surface area contributed by atoms with Gasteiger partial charge in [-0.1, -0.05) is 24.3 Å². The van der Waals surface area contributed by atoms with Gasteiger partial charge >= 0.3 is 6.03 Å². The maximum Gasteiger partial charge on any atom is 0.322 e. The Bertz CT molecular complexity index is 774. The molecule has 5 nitrogen and oxygen atoms in total. The number of hydrogen-bond acceptors (Lipinski definition) is 2. The second-order valence-corrected chi connectivity index (χ2v) is 6.82. The highest BCUT2D eigenvalue weighted by Crippen LogP contribution is 2.23. The average Bonchev–Trinajstić information content (AvgIpc) is 3.07. The molecule has 0 atom stereocenters. The lowest BCUT2D eigenvalue weighted by atomic mass is 10.1. The van der Waals surface area contributed by atoms with Crippen LogP contribution in [0.15, 0.2) is 48.5 Å². The molecule has 0 bridgehead atoms. The van der Waals surface area contributed by atoms with Crippen molar-refractivity contribution in [1.29, 1.82) is 0 Å². The minimum Gasteiger partial charge on any atom is -0.337 e. The topological polar surface area (TPSA) is 52.7 Å². The highest BCUT2D eigenvalue weighted by Gasteiger charge is 2.23. The van der Waals surface area contributed by atoms with E-state index in [0.717, 1.165) is 0 Å². The van der Waals surface area contributed by atoms with Crippen LogP contribution in [0.4, 0.5) is 10.5 Å². The molecule has 2 aromatic carbocycles. The van der Waals surface area contributed by atoms with Crippen molar-refractivity contribution in [3.05, 3.63) is 65.2 Å². The van der Waals surface area contributed by atoms with E-state index in [1.165, 1.54) is 11.1 Å². The van der Waals surface area contributed by atoms with Crippen molar-refractivity contribution in [2.24, 2.45) is 0 Å². The van der Waals surface area contributed by atoms with Crippen LogP contribution in [0, 0.1) is 0 Å². The summed E-state index contributed by atoms with van der Waals surface area (Å²) in [6.07, 6.45) is 0. The Labute approximate surface area is 154 Å². The Balaban J connectivity index is 1.63. The van der Waals surface area contributed by atoms with Crippen molar-refractivity contribution in [3.63, 3.8) is 0 Å². The molecule has 0 saturated carbocycles. The van der Waals surface area contributed by atoms with Crippen LogP contribution >= 0.6 is 0 Å². The van der Waals surface area contributed by atoms with E-state index in [2.05, 4.69) is 17.4 Å². The molecule has 2 aromatic rings. The van der Waals surface area contributed by atoms with Crippen LogP contribution in [-0.2, 0) is 13.1 Å². The number of anilines is 1. The van der Waals surface area contributed by atoms with Gasteiger partial charge in [0.2, 0.25) is 0 Å². The summed E-state index contributed by atoms with van der Waals surface area (Å²) in [6.45, 7) is 7.90. The third kappa shape index (κ3) is 3.72. The lowest BCUT2D eigenvalue weighted by molar-refractivity contribution is 0.0717. The maximum absolute atomic E-state index is 12.5. The predicted molar refractivity (Wildman–Crippen MR) is 103 cm³/mol. The number of carbonyl (C=O) groups is 2. The minimum atomic E-state index is -0.127. The van der Waals surface area contributed by atoms with Gasteiger partial charge in [-0.25, -0.2) is 4.79 Å². The fraction of sp³-hybridized carbons (Fsp3) is 0.333. The molecule has 3 rings (SSSR count). The van der Waals surface area contributed by atoms with Gasteiger partial charge in [-0.05, 0) is 56.2 Å². The lowest BCUT2D eigenvalue weighted by Crippen LogP contribution is -2.36. The van der Waals surface area contributed by atoms with Gasteiger partial charge in [0, 0.05) is 36.9 Å². The van der Waals surface area contributed by atoms with Gasteiger partial charge in [-0.15, -0.1) is 0 Å². The molecule has 0 fully saturated rings. The van der Waals surface area contributed by atoms with Crippen LogP contribution in [0.5, 0.6) is 0 Å². The molecule has 0 radical (unpaired) electrons. The summed E-state index contributed by atoms with van der Waals surface area (Å²) < 4.78 is 0. The van der Waals surface area contributed by atoms with E-state index in [-0.39, 0.29) is 18.0 Å². The minimum absolute atomic E-state index is 0.00960. The monoisotopic (exact) mass is 351 g/mol. The first-order chi connectivity index (χ1) is 12.5. The summed E-state index contributed by atoms with van der Waals surface area (Å²) in [6, 6.07) is 15.2. The van der Waals surface area contributed by atoms with Gasteiger partial charge in [0.05, 0.1) is 0 Å². The predicted octanol–water partition coefficient (Wildman–Crippen LogP) is 4.10. The zero-order valence-electron chi connectivity index (χ0n) is 15.5. The standard InChI is InChI=1S/C21H25N3O2/c1-4-24(15(2)3)20(25)16-9-11-19(12-10-16)22-21(26)23-13-17-7-5-6-8-18(17)14-23/h5-12,15H,4,13-14H2,1-3H3,(H,22,26). The summed E-state index contributed by atoms with van der Waals surface area (Å²) >= 11 is 0. The lowest BCUT2D eigenvalue weighted by Gasteiger charge is -2.25. The van der Waals surface area contributed by atoms with Gasteiger partial charge < -0.3 is 15.1 Å². The number of nitrogens with zero attached hydrogens (tertiary/aromatic N) is 2. The number of urea groups is 1. The molecule has 1 aliphatic heterocycles. The quantitative estimate of drug-likeness (QED) is 0.901. The maximum atomic E-state index is 12.5. The fourth-order valence-electron chi connectivity index (χ4n) is 3.28. The number of rotatable bonds is 4. The molecule has 0 aliphatic carbocycles. The van der Waals surface area contributed by atoms with Crippen molar-refractivity contribution >= 4 is 17.6 Å². The number of fused-ring (bicyclic) bond motifs is 1. The van der Waals surface area contributed by atoms with Crippen LogP contribution in [0.1, 0.15) is 42.3 Å². The van der Waals surface area contributed by atoms with E-state index >= 15 is 0 Å². The third-order valence-corrected chi connectivity index (χ3v) is 4.74.